The molecule has 0 N–H and O–H groups in total. The molecular weight excluding hydrogens is 410 g/mol. The van der Waals surface area contributed by atoms with Crippen LogP contribution in [0.1, 0.15) is 58.2 Å². The second kappa shape index (κ2) is 8.17. The molecule has 4 aromatic carbocycles. The van der Waals surface area contributed by atoms with Crippen molar-refractivity contribution in [2.24, 2.45) is 0 Å². The van der Waals surface area contributed by atoms with Crippen molar-refractivity contribution >= 4 is 11.4 Å². The molecule has 0 atom stereocenters. The van der Waals surface area contributed by atoms with E-state index in [0.29, 0.717) is 0 Å². The minimum absolute atomic E-state index is 0.00595. The van der Waals surface area contributed by atoms with Gasteiger partial charge in [0, 0.05) is 22.3 Å². The quantitative estimate of drug-likeness (QED) is 0.303. The number of anilines is 2. The number of hydrogen-bond donors (Lipinski definition) is 0. The molecule has 0 amide bonds. The van der Waals surface area contributed by atoms with Gasteiger partial charge in [-0.3, -0.25) is 0 Å². The van der Waals surface area contributed by atoms with Gasteiger partial charge in [-0.25, -0.2) is 0 Å². The zero-order chi connectivity index (χ0) is 24.1. The summed E-state index contributed by atoms with van der Waals surface area (Å²) in [6, 6.07) is 33.3. The maximum Gasteiger partial charge on any atom is 0.0451 e. The first kappa shape index (κ1) is 22.5. The molecule has 1 heteroatoms. The van der Waals surface area contributed by atoms with E-state index < -0.39 is 0 Å². The molecule has 0 saturated carbocycles. The molecule has 0 fully saturated rings. The van der Waals surface area contributed by atoms with Crippen LogP contribution in [0.15, 0.2) is 91.0 Å². The molecule has 0 unspecified atom stereocenters. The molecule has 172 valence electrons. The van der Waals surface area contributed by atoms with E-state index in [-0.39, 0.29) is 11.0 Å². The fourth-order valence-corrected chi connectivity index (χ4v) is 5.86. The van der Waals surface area contributed by atoms with E-state index in [1.807, 2.05) is 0 Å². The average Bonchev–Trinajstić information content (AvgIpc) is 3.06. The number of nitrogens with zero attached hydrogens (tertiary/aromatic N) is 1. The van der Waals surface area contributed by atoms with Crippen LogP contribution < -0.4 is 4.90 Å². The SMILES string of the molecule is CCc1c(N(c2ccc(-c3ccccc3)cc2)C(C)(C)C)ccc2c1C(C)(C)c1ccccc1-2. The number of hydrogen-bond acceptors (Lipinski definition) is 1. The molecule has 0 spiro atoms. The van der Waals surface area contributed by atoms with Gasteiger partial charge in [-0.05, 0) is 84.3 Å². The van der Waals surface area contributed by atoms with Crippen LogP contribution in [-0.2, 0) is 11.8 Å². The van der Waals surface area contributed by atoms with Crippen molar-refractivity contribution in [3.8, 4) is 22.3 Å². The van der Waals surface area contributed by atoms with Crippen molar-refractivity contribution in [3.05, 3.63) is 108 Å². The van der Waals surface area contributed by atoms with Crippen molar-refractivity contribution in [2.45, 2.75) is 58.9 Å². The Kier molecular flexibility index (Phi) is 5.40. The van der Waals surface area contributed by atoms with Gasteiger partial charge < -0.3 is 4.90 Å². The molecule has 0 bridgehead atoms. The lowest BCUT2D eigenvalue weighted by Gasteiger charge is -2.40. The molecule has 1 nitrogen and oxygen atoms in total. The molecule has 5 rings (SSSR count). The van der Waals surface area contributed by atoms with Crippen LogP contribution in [0.2, 0.25) is 0 Å². The van der Waals surface area contributed by atoms with Crippen LogP contribution in [0.4, 0.5) is 11.4 Å². The highest BCUT2D eigenvalue weighted by Gasteiger charge is 2.39. The largest absolute Gasteiger partial charge is 0.336 e. The fraction of sp³-hybridized carbons (Fsp3) is 0.273. The summed E-state index contributed by atoms with van der Waals surface area (Å²) in [4.78, 5) is 2.53. The van der Waals surface area contributed by atoms with Gasteiger partial charge in [-0.2, -0.15) is 0 Å². The molecule has 1 aliphatic carbocycles. The van der Waals surface area contributed by atoms with Gasteiger partial charge in [-0.1, -0.05) is 93.6 Å². The van der Waals surface area contributed by atoms with E-state index in [4.69, 9.17) is 0 Å². The van der Waals surface area contributed by atoms with E-state index in [9.17, 15) is 0 Å². The van der Waals surface area contributed by atoms with Crippen molar-refractivity contribution in [3.63, 3.8) is 0 Å². The van der Waals surface area contributed by atoms with Crippen molar-refractivity contribution < 1.29 is 0 Å². The summed E-state index contributed by atoms with van der Waals surface area (Å²) in [5.74, 6) is 0. The first-order valence-electron chi connectivity index (χ1n) is 12.5. The second-order valence-electron chi connectivity index (χ2n) is 10.9. The smallest absolute Gasteiger partial charge is 0.0451 e. The Morgan fingerprint density at radius 3 is 1.94 bits per heavy atom. The predicted molar refractivity (Wildman–Crippen MR) is 147 cm³/mol. The monoisotopic (exact) mass is 445 g/mol. The van der Waals surface area contributed by atoms with Crippen molar-refractivity contribution in [1.29, 1.82) is 0 Å². The van der Waals surface area contributed by atoms with Gasteiger partial charge in [0.05, 0.1) is 0 Å². The highest BCUT2D eigenvalue weighted by atomic mass is 15.2. The third-order valence-corrected chi connectivity index (χ3v) is 7.30. The predicted octanol–water partition coefficient (Wildman–Crippen LogP) is 9.16. The number of benzene rings is 4. The highest BCUT2D eigenvalue weighted by Crippen LogP contribution is 2.53. The maximum absolute atomic E-state index is 2.53. The van der Waals surface area contributed by atoms with Crippen molar-refractivity contribution in [2.75, 3.05) is 4.90 Å². The Bertz CT molecular complexity index is 1320. The summed E-state index contributed by atoms with van der Waals surface area (Å²) >= 11 is 0. The summed E-state index contributed by atoms with van der Waals surface area (Å²) in [6.07, 6.45) is 1.00. The number of fused-ring (bicyclic) bond motifs is 3. The molecule has 0 radical (unpaired) electrons. The minimum Gasteiger partial charge on any atom is -0.336 e. The first-order valence-corrected chi connectivity index (χ1v) is 12.5. The Labute approximate surface area is 205 Å². The summed E-state index contributed by atoms with van der Waals surface area (Å²) in [6.45, 7) is 14.0. The van der Waals surface area contributed by atoms with E-state index in [1.165, 1.54) is 50.3 Å². The van der Waals surface area contributed by atoms with E-state index in [0.717, 1.165) is 6.42 Å². The average molecular weight is 446 g/mol. The third kappa shape index (κ3) is 3.55. The standard InChI is InChI=1S/C33H35N/c1-7-26-30(22-21-28-27-15-11-12-16-29(27)33(5,6)31(26)28)34(32(2,3)4)25-19-17-24(18-20-25)23-13-9-8-10-14-23/h8-22H,7H2,1-6H3. The Morgan fingerprint density at radius 2 is 1.29 bits per heavy atom. The van der Waals surface area contributed by atoms with Gasteiger partial charge in [0.25, 0.3) is 0 Å². The lowest BCUT2D eigenvalue weighted by molar-refractivity contribution is 0.557. The van der Waals surface area contributed by atoms with Crippen LogP contribution >= 0.6 is 0 Å². The summed E-state index contributed by atoms with van der Waals surface area (Å²) in [7, 11) is 0. The number of rotatable bonds is 4. The summed E-state index contributed by atoms with van der Waals surface area (Å²) < 4.78 is 0. The third-order valence-electron chi connectivity index (χ3n) is 7.30. The zero-order valence-electron chi connectivity index (χ0n) is 21.3. The van der Waals surface area contributed by atoms with E-state index in [1.54, 1.807) is 0 Å². The minimum atomic E-state index is -0.0674. The molecule has 34 heavy (non-hydrogen) atoms. The van der Waals surface area contributed by atoms with Gasteiger partial charge >= 0.3 is 0 Å². The molecule has 0 saturated heterocycles. The first-order chi connectivity index (χ1) is 16.2. The lowest BCUT2D eigenvalue weighted by Crippen LogP contribution is -2.38. The van der Waals surface area contributed by atoms with Crippen LogP contribution in [0.5, 0.6) is 0 Å². The maximum atomic E-state index is 2.53. The summed E-state index contributed by atoms with van der Waals surface area (Å²) in [5.41, 5.74) is 12.2. The summed E-state index contributed by atoms with van der Waals surface area (Å²) in [5, 5.41) is 0. The highest BCUT2D eigenvalue weighted by molar-refractivity contribution is 5.86. The van der Waals surface area contributed by atoms with Gasteiger partial charge in [0.1, 0.15) is 0 Å². The molecule has 0 heterocycles. The molecule has 0 aromatic heterocycles. The van der Waals surface area contributed by atoms with Crippen LogP contribution in [0.3, 0.4) is 0 Å². The second-order valence-corrected chi connectivity index (χ2v) is 10.9. The fourth-order valence-electron chi connectivity index (χ4n) is 5.86. The Hall–Kier alpha value is -3.32. The zero-order valence-corrected chi connectivity index (χ0v) is 21.3. The van der Waals surface area contributed by atoms with Crippen LogP contribution in [0, 0.1) is 0 Å². The molecule has 0 aliphatic heterocycles. The Balaban J connectivity index is 1.66. The lowest BCUT2D eigenvalue weighted by atomic mass is 9.79. The van der Waals surface area contributed by atoms with Crippen LogP contribution in [-0.4, -0.2) is 5.54 Å². The van der Waals surface area contributed by atoms with Gasteiger partial charge in [0.15, 0.2) is 0 Å². The van der Waals surface area contributed by atoms with Gasteiger partial charge in [0.2, 0.25) is 0 Å². The molecular formula is C33H35N. The molecule has 4 aromatic rings. The molecule has 1 aliphatic rings. The van der Waals surface area contributed by atoms with E-state index in [2.05, 4.69) is 137 Å². The van der Waals surface area contributed by atoms with E-state index >= 15 is 0 Å². The van der Waals surface area contributed by atoms with Gasteiger partial charge in [-0.15, -0.1) is 0 Å². The Morgan fingerprint density at radius 1 is 0.676 bits per heavy atom. The normalized spacial score (nSPS) is 13.9. The topological polar surface area (TPSA) is 3.24 Å². The van der Waals surface area contributed by atoms with Crippen molar-refractivity contribution in [1.82, 2.24) is 0 Å². The van der Waals surface area contributed by atoms with Crippen LogP contribution in [0.25, 0.3) is 22.3 Å².